The van der Waals surface area contributed by atoms with Crippen LogP contribution in [0.15, 0.2) is 30.3 Å². The predicted octanol–water partition coefficient (Wildman–Crippen LogP) is 3.84. The van der Waals surface area contributed by atoms with Crippen LogP contribution in [0.3, 0.4) is 0 Å². The van der Waals surface area contributed by atoms with Gasteiger partial charge in [0.1, 0.15) is 18.2 Å². The van der Waals surface area contributed by atoms with Crippen LogP contribution in [-0.2, 0) is 39.9 Å². The molecule has 0 spiro atoms. The van der Waals surface area contributed by atoms with Crippen LogP contribution in [0.1, 0.15) is 51.9 Å². The molecule has 12 heteroatoms. The van der Waals surface area contributed by atoms with Crippen LogP contribution in [0.5, 0.6) is 5.75 Å². The number of aromatic nitrogens is 3. The van der Waals surface area contributed by atoms with Crippen LogP contribution in [-0.4, -0.2) is 79.5 Å². The molecule has 3 heterocycles. The van der Waals surface area contributed by atoms with Crippen molar-refractivity contribution in [1.29, 1.82) is 0 Å². The lowest BCUT2D eigenvalue weighted by Gasteiger charge is -2.29. The predicted molar refractivity (Wildman–Crippen MR) is 158 cm³/mol. The first-order valence-electron chi connectivity index (χ1n) is 14.3. The van der Waals surface area contributed by atoms with E-state index in [1.54, 1.807) is 47.8 Å². The number of anilines is 1. The monoisotopic (exact) mass is 594 g/mol. The molecule has 230 valence electrons. The smallest absolute Gasteiger partial charge is 0.328 e. The van der Waals surface area contributed by atoms with E-state index in [0.29, 0.717) is 60.2 Å². The van der Waals surface area contributed by atoms with Gasteiger partial charge in [-0.3, -0.25) is 14.4 Å². The van der Waals surface area contributed by atoms with Gasteiger partial charge in [0.15, 0.2) is 11.5 Å². The van der Waals surface area contributed by atoms with Crippen molar-refractivity contribution in [1.82, 2.24) is 15.0 Å². The quantitative estimate of drug-likeness (QED) is 0.191. The summed E-state index contributed by atoms with van der Waals surface area (Å²) in [5.74, 6) is -2.35. The molecule has 43 heavy (non-hydrogen) atoms. The zero-order valence-electron chi connectivity index (χ0n) is 25.5. The highest BCUT2D eigenvalue weighted by Gasteiger charge is 2.36. The van der Waals surface area contributed by atoms with Gasteiger partial charge in [0.2, 0.25) is 5.92 Å². The molecule has 0 radical (unpaired) electrons. The first kappa shape index (κ1) is 31.6. The summed E-state index contributed by atoms with van der Waals surface area (Å²) in [7, 11) is 1.55. The van der Waals surface area contributed by atoms with Crippen molar-refractivity contribution in [3.05, 3.63) is 41.7 Å². The highest BCUT2D eigenvalue weighted by Crippen LogP contribution is 2.32. The van der Waals surface area contributed by atoms with Gasteiger partial charge in [0.05, 0.1) is 50.0 Å². The molecule has 0 N–H and O–H groups in total. The average Bonchev–Trinajstić information content (AvgIpc) is 2.99. The normalized spacial score (nSPS) is 13.6. The molecule has 3 aromatic rings. The summed E-state index contributed by atoms with van der Waals surface area (Å²) < 4.78 is 26.9. The van der Waals surface area contributed by atoms with Gasteiger partial charge in [-0.25, -0.2) is 15.0 Å². The van der Waals surface area contributed by atoms with E-state index in [2.05, 4.69) is 9.97 Å². The van der Waals surface area contributed by atoms with Crippen LogP contribution in [0.2, 0.25) is 0 Å². The van der Waals surface area contributed by atoms with E-state index in [4.69, 9.17) is 28.7 Å². The maximum Gasteiger partial charge on any atom is 0.328 e. The van der Waals surface area contributed by atoms with Crippen molar-refractivity contribution in [2.75, 3.05) is 51.5 Å². The number of methoxy groups -OCH3 is 1. The van der Waals surface area contributed by atoms with Gasteiger partial charge < -0.3 is 28.6 Å². The second kappa shape index (κ2) is 13.8. The molecule has 12 nitrogen and oxygen atoms in total. The number of carbonyl (C=O) groups excluding carboxylic acids is 3. The fraction of sp³-hybridized carbons (Fsp3) is 0.484. The second-order valence-corrected chi connectivity index (χ2v) is 10.9. The molecular formula is C31H38N4O8. The van der Waals surface area contributed by atoms with Crippen LogP contribution in [0.4, 0.5) is 5.82 Å². The second-order valence-electron chi connectivity index (χ2n) is 10.9. The summed E-state index contributed by atoms with van der Waals surface area (Å²) in [6, 6.07) is 9.17. The zero-order valence-corrected chi connectivity index (χ0v) is 25.5. The topological polar surface area (TPSA) is 139 Å². The van der Waals surface area contributed by atoms with Crippen molar-refractivity contribution in [2.24, 2.45) is 5.41 Å². The average molecular weight is 595 g/mol. The van der Waals surface area contributed by atoms with Crippen molar-refractivity contribution in [3.8, 4) is 17.0 Å². The first-order chi connectivity index (χ1) is 20.6. The third-order valence-corrected chi connectivity index (χ3v) is 6.72. The number of hydrogen-bond acceptors (Lipinski definition) is 12. The zero-order chi connectivity index (χ0) is 31.1. The Labute approximate surface area is 250 Å². The van der Waals surface area contributed by atoms with Gasteiger partial charge in [-0.1, -0.05) is 0 Å². The molecule has 0 bridgehead atoms. The Morgan fingerprint density at radius 2 is 1.60 bits per heavy atom. The number of nitrogens with zero attached hydrogens (tertiary/aromatic N) is 4. The van der Waals surface area contributed by atoms with Gasteiger partial charge in [-0.2, -0.15) is 0 Å². The van der Waals surface area contributed by atoms with E-state index >= 15 is 0 Å². The fourth-order valence-corrected chi connectivity index (χ4v) is 4.49. The maximum absolute atomic E-state index is 12.9. The molecule has 1 aliphatic rings. The molecule has 1 saturated heterocycles. The molecule has 1 aliphatic heterocycles. The van der Waals surface area contributed by atoms with Gasteiger partial charge in [0.25, 0.3) is 0 Å². The maximum atomic E-state index is 12.9. The number of benzene rings is 1. The lowest BCUT2D eigenvalue weighted by atomic mass is 9.97. The van der Waals surface area contributed by atoms with Crippen LogP contribution < -0.4 is 9.64 Å². The minimum absolute atomic E-state index is 0.0228. The lowest BCUT2D eigenvalue weighted by molar-refractivity contribution is -0.157. The SMILES string of the molecule is CCOC(=O)C(C(=O)OCC)c1nc(N2CCOCC2)c2ccc(-c3ccc(OC)c(COC(=O)C(C)(C)C)c3)nc2n1. The third kappa shape index (κ3) is 7.37. The van der Waals surface area contributed by atoms with Crippen molar-refractivity contribution < 1.29 is 38.1 Å². The summed E-state index contributed by atoms with van der Waals surface area (Å²) in [5.41, 5.74) is 1.61. The number of rotatable bonds is 10. The molecule has 1 fully saturated rings. The van der Waals surface area contributed by atoms with Crippen molar-refractivity contribution >= 4 is 34.8 Å². The number of pyridine rings is 1. The highest BCUT2D eigenvalue weighted by molar-refractivity contribution is 6.01. The number of carbonyl (C=O) groups is 3. The minimum Gasteiger partial charge on any atom is -0.496 e. The molecule has 2 aromatic heterocycles. The van der Waals surface area contributed by atoms with E-state index in [1.165, 1.54) is 0 Å². The van der Waals surface area contributed by atoms with Crippen molar-refractivity contribution in [3.63, 3.8) is 0 Å². The Morgan fingerprint density at radius 3 is 2.21 bits per heavy atom. The van der Waals surface area contributed by atoms with E-state index in [1.807, 2.05) is 29.2 Å². The fourth-order valence-electron chi connectivity index (χ4n) is 4.49. The summed E-state index contributed by atoms with van der Waals surface area (Å²) >= 11 is 0. The van der Waals surface area contributed by atoms with E-state index in [9.17, 15) is 14.4 Å². The molecule has 0 aliphatic carbocycles. The number of esters is 3. The molecular weight excluding hydrogens is 556 g/mol. The molecule has 0 amide bonds. The third-order valence-electron chi connectivity index (χ3n) is 6.72. The Hall–Kier alpha value is -4.32. The van der Waals surface area contributed by atoms with Gasteiger partial charge in [-0.05, 0) is 65.0 Å². The van der Waals surface area contributed by atoms with Crippen LogP contribution in [0, 0.1) is 5.41 Å². The molecule has 0 saturated carbocycles. The summed E-state index contributed by atoms with van der Waals surface area (Å²) in [6.07, 6.45) is 0. The number of hydrogen-bond donors (Lipinski definition) is 0. The van der Waals surface area contributed by atoms with Crippen LogP contribution >= 0.6 is 0 Å². The van der Waals surface area contributed by atoms with Gasteiger partial charge >= 0.3 is 17.9 Å². The minimum atomic E-state index is -1.47. The molecule has 1 aromatic carbocycles. The van der Waals surface area contributed by atoms with Gasteiger partial charge in [-0.15, -0.1) is 0 Å². The Kier molecular flexibility index (Phi) is 10.1. The largest absolute Gasteiger partial charge is 0.496 e. The Morgan fingerprint density at radius 1 is 0.930 bits per heavy atom. The molecule has 4 rings (SSSR count). The summed E-state index contributed by atoms with van der Waals surface area (Å²) in [6.45, 7) is 11.0. The first-order valence-corrected chi connectivity index (χ1v) is 14.3. The lowest BCUT2D eigenvalue weighted by Crippen LogP contribution is -2.37. The Balaban J connectivity index is 1.82. The van der Waals surface area contributed by atoms with Crippen LogP contribution in [0.25, 0.3) is 22.3 Å². The van der Waals surface area contributed by atoms with Gasteiger partial charge in [0, 0.05) is 24.2 Å². The molecule has 0 atom stereocenters. The Bertz CT molecular complexity index is 1460. The number of ether oxygens (including phenoxy) is 5. The standard InChI is InChI=1S/C31H38N4O8/c1-7-41-28(36)24(29(37)42-8-2)26-33-25-21(27(34-26)35-13-15-40-16-14-35)10-11-22(32-25)19-9-12-23(39-6)20(17-19)18-43-30(38)31(3,4)5/h9-12,17,24H,7-8,13-16,18H2,1-6H3. The summed E-state index contributed by atoms with van der Waals surface area (Å²) in [4.78, 5) is 54.4. The highest BCUT2D eigenvalue weighted by atomic mass is 16.6. The van der Waals surface area contributed by atoms with Crippen molar-refractivity contribution in [2.45, 2.75) is 47.1 Å². The summed E-state index contributed by atoms with van der Waals surface area (Å²) in [5, 5.41) is 0.647. The number of fused-ring (bicyclic) bond motifs is 1. The van der Waals surface area contributed by atoms with E-state index in [-0.39, 0.29) is 31.6 Å². The van der Waals surface area contributed by atoms with E-state index in [0.717, 1.165) is 5.56 Å². The number of morpholine rings is 1. The molecule has 0 unspecified atom stereocenters. The van der Waals surface area contributed by atoms with E-state index < -0.39 is 23.3 Å².